The van der Waals surface area contributed by atoms with Crippen LogP contribution in [0.1, 0.15) is 35.7 Å². The molecule has 1 unspecified atom stereocenters. The number of amides is 1. The quantitative estimate of drug-likeness (QED) is 0.535. The molecule has 21 heavy (non-hydrogen) atoms. The van der Waals surface area contributed by atoms with Crippen LogP contribution >= 0.6 is 0 Å². The van der Waals surface area contributed by atoms with Gasteiger partial charge in [-0.2, -0.15) is 0 Å². The zero-order valence-electron chi connectivity index (χ0n) is 12.3. The van der Waals surface area contributed by atoms with E-state index in [0.29, 0.717) is 6.42 Å². The van der Waals surface area contributed by atoms with E-state index in [4.69, 9.17) is 14.3 Å². The molecule has 0 aliphatic carbocycles. The third-order valence-corrected chi connectivity index (χ3v) is 2.95. The van der Waals surface area contributed by atoms with Crippen molar-refractivity contribution < 1.29 is 23.8 Å². The standard InChI is InChI=1S/C15H21NO5/c1-4-7-20-9-11(15(18)19)16-14(17)13-8-10(5-2)12(6-3)21-13/h4,8,11H,1,5-7,9H2,2-3H3,(H,16,17)(H,18,19). The van der Waals surface area contributed by atoms with Gasteiger partial charge in [0.25, 0.3) is 5.91 Å². The number of carbonyl (C=O) groups is 2. The number of carboxylic acid groups (broad SMARTS) is 1. The average molecular weight is 295 g/mol. The van der Waals surface area contributed by atoms with Crippen LogP contribution in [0.25, 0.3) is 0 Å². The summed E-state index contributed by atoms with van der Waals surface area (Å²) in [5.74, 6) is -0.847. The summed E-state index contributed by atoms with van der Waals surface area (Å²) in [4.78, 5) is 23.1. The van der Waals surface area contributed by atoms with Crippen LogP contribution in [0.5, 0.6) is 0 Å². The molecule has 0 saturated heterocycles. The number of hydrogen-bond acceptors (Lipinski definition) is 4. The maximum absolute atomic E-state index is 12.0. The highest BCUT2D eigenvalue weighted by Gasteiger charge is 2.23. The molecule has 2 N–H and O–H groups in total. The molecule has 0 spiro atoms. The van der Waals surface area contributed by atoms with Crippen LogP contribution in [0.2, 0.25) is 0 Å². The normalized spacial score (nSPS) is 11.9. The van der Waals surface area contributed by atoms with E-state index in [1.54, 1.807) is 6.07 Å². The van der Waals surface area contributed by atoms with Gasteiger partial charge in [-0.05, 0) is 18.1 Å². The Balaban J connectivity index is 2.74. The summed E-state index contributed by atoms with van der Waals surface area (Å²) in [7, 11) is 0. The Labute approximate surface area is 123 Å². The third kappa shape index (κ3) is 4.75. The summed E-state index contributed by atoms with van der Waals surface area (Å²) in [5.41, 5.74) is 0.956. The lowest BCUT2D eigenvalue weighted by Crippen LogP contribution is -2.44. The number of carboxylic acids is 1. The van der Waals surface area contributed by atoms with Crippen LogP contribution in [0.4, 0.5) is 0 Å². The molecule has 0 aromatic carbocycles. The summed E-state index contributed by atoms with van der Waals surface area (Å²) in [6.45, 7) is 7.46. The van der Waals surface area contributed by atoms with E-state index in [1.807, 2.05) is 13.8 Å². The molecule has 1 aromatic rings. The van der Waals surface area contributed by atoms with Crippen LogP contribution in [0, 0.1) is 0 Å². The molecule has 0 bridgehead atoms. The predicted octanol–water partition coefficient (Wildman–Crippen LogP) is 1.79. The minimum Gasteiger partial charge on any atom is -0.480 e. The summed E-state index contributed by atoms with van der Waals surface area (Å²) < 4.78 is 10.5. The van der Waals surface area contributed by atoms with Crippen molar-refractivity contribution >= 4 is 11.9 Å². The lowest BCUT2D eigenvalue weighted by molar-refractivity contribution is -0.140. The molecular weight excluding hydrogens is 274 g/mol. The van der Waals surface area contributed by atoms with E-state index in [1.165, 1.54) is 6.08 Å². The van der Waals surface area contributed by atoms with Crippen LogP contribution in [0.3, 0.4) is 0 Å². The van der Waals surface area contributed by atoms with Gasteiger partial charge in [0.1, 0.15) is 5.76 Å². The molecular formula is C15H21NO5. The van der Waals surface area contributed by atoms with Gasteiger partial charge in [0, 0.05) is 6.42 Å². The largest absolute Gasteiger partial charge is 0.480 e. The Hall–Kier alpha value is -2.08. The molecule has 0 fully saturated rings. The van der Waals surface area contributed by atoms with E-state index in [9.17, 15) is 9.59 Å². The zero-order chi connectivity index (χ0) is 15.8. The monoisotopic (exact) mass is 295 g/mol. The fraction of sp³-hybridized carbons (Fsp3) is 0.467. The van der Waals surface area contributed by atoms with Crippen molar-refractivity contribution in [2.75, 3.05) is 13.2 Å². The van der Waals surface area contributed by atoms with Gasteiger partial charge in [-0.3, -0.25) is 4.79 Å². The Bertz CT molecular complexity index is 485. The van der Waals surface area contributed by atoms with Gasteiger partial charge in [0.05, 0.1) is 13.2 Å². The van der Waals surface area contributed by atoms with Crippen LogP contribution in [-0.4, -0.2) is 36.2 Å². The maximum Gasteiger partial charge on any atom is 0.328 e. The number of rotatable bonds is 9. The molecule has 0 aliphatic rings. The molecule has 1 atom stereocenters. The first-order chi connectivity index (χ1) is 10.0. The molecule has 116 valence electrons. The molecule has 1 amide bonds. The van der Waals surface area contributed by atoms with Crippen LogP contribution in [-0.2, 0) is 22.4 Å². The second kappa shape index (κ2) is 8.26. The number of ether oxygens (including phenoxy) is 1. The van der Waals surface area contributed by atoms with Crippen molar-refractivity contribution in [2.24, 2.45) is 0 Å². The number of carbonyl (C=O) groups excluding carboxylic acids is 1. The maximum atomic E-state index is 12.0. The first kappa shape index (κ1) is 17.0. The Morgan fingerprint density at radius 3 is 2.67 bits per heavy atom. The molecule has 0 saturated carbocycles. The van der Waals surface area contributed by atoms with E-state index < -0.39 is 17.9 Å². The summed E-state index contributed by atoms with van der Waals surface area (Å²) in [6.07, 6.45) is 2.94. The van der Waals surface area contributed by atoms with Gasteiger partial charge in [-0.1, -0.05) is 19.9 Å². The number of furan rings is 1. The molecule has 0 radical (unpaired) electrons. The highest BCUT2D eigenvalue weighted by Crippen LogP contribution is 2.17. The van der Waals surface area contributed by atoms with Gasteiger partial charge in [0.2, 0.25) is 0 Å². The summed E-state index contributed by atoms with van der Waals surface area (Å²) in [5, 5.41) is 11.5. The molecule has 6 nitrogen and oxygen atoms in total. The van der Waals surface area contributed by atoms with E-state index >= 15 is 0 Å². The van der Waals surface area contributed by atoms with Crippen molar-refractivity contribution in [2.45, 2.75) is 32.7 Å². The van der Waals surface area contributed by atoms with Gasteiger partial charge in [-0.15, -0.1) is 6.58 Å². The summed E-state index contributed by atoms with van der Waals surface area (Å²) >= 11 is 0. The molecule has 1 aromatic heterocycles. The molecule has 1 heterocycles. The first-order valence-electron chi connectivity index (χ1n) is 6.87. The summed E-state index contributed by atoms with van der Waals surface area (Å²) in [6, 6.07) is 0.523. The van der Waals surface area contributed by atoms with Gasteiger partial charge in [0.15, 0.2) is 11.8 Å². The van der Waals surface area contributed by atoms with Crippen molar-refractivity contribution in [1.29, 1.82) is 0 Å². The lowest BCUT2D eigenvalue weighted by atomic mass is 10.1. The van der Waals surface area contributed by atoms with Gasteiger partial charge < -0.3 is 19.6 Å². The first-order valence-corrected chi connectivity index (χ1v) is 6.87. The number of aliphatic carboxylic acids is 1. The van der Waals surface area contributed by atoms with Gasteiger partial charge in [-0.25, -0.2) is 4.79 Å². The zero-order valence-corrected chi connectivity index (χ0v) is 12.3. The van der Waals surface area contributed by atoms with Crippen molar-refractivity contribution in [3.63, 3.8) is 0 Å². The fourth-order valence-corrected chi connectivity index (χ4v) is 1.85. The predicted molar refractivity (Wildman–Crippen MR) is 77.4 cm³/mol. The van der Waals surface area contributed by atoms with E-state index in [0.717, 1.165) is 17.7 Å². The van der Waals surface area contributed by atoms with Crippen LogP contribution < -0.4 is 5.32 Å². The highest BCUT2D eigenvalue weighted by atomic mass is 16.5. The Kier molecular flexibility index (Phi) is 6.68. The topological polar surface area (TPSA) is 88.8 Å². The highest BCUT2D eigenvalue weighted by molar-refractivity contribution is 5.94. The Morgan fingerprint density at radius 2 is 2.19 bits per heavy atom. The fourth-order valence-electron chi connectivity index (χ4n) is 1.85. The lowest BCUT2D eigenvalue weighted by Gasteiger charge is -2.13. The SMILES string of the molecule is C=CCOCC(NC(=O)c1cc(CC)c(CC)o1)C(=O)O. The van der Waals surface area contributed by atoms with Crippen LogP contribution in [0.15, 0.2) is 23.1 Å². The smallest absolute Gasteiger partial charge is 0.328 e. The minimum atomic E-state index is -1.16. The second-order valence-corrected chi connectivity index (χ2v) is 4.46. The Morgan fingerprint density at radius 1 is 1.48 bits per heavy atom. The third-order valence-electron chi connectivity index (χ3n) is 2.95. The van der Waals surface area contributed by atoms with Crippen molar-refractivity contribution in [3.8, 4) is 0 Å². The molecule has 1 rings (SSSR count). The molecule has 6 heteroatoms. The second-order valence-electron chi connectivity index (χ2n) is 4.46. The number of nitrogens with one attached hydrogen (secondary N) is 1. The van der Waals surface area contributed by atoms with Crippen molar-refractivity contribution in [3.05, 3.63) is 35.8 Å². The molecule has 0 aliphatic heterocycles. The van der Waals surface area contributed by atoms with E-state index in [-0.39, 0.29) is 19.0 Å². The van der Waals surface area contributed by atoms with Gasteiger partial charge >= 0.3 is 5.97 Å². The number of hydrogen-bond donors (Lipinski definition) is 2. The number of aryl methyl sites for hydroxylation is 2. The van der Waals surface area contributed by atoms with E-state index in [2.05, 4.69) is 11.9 Å². The minimum absolute atomic E-state index is 0.124. The average Bonchev–Trinajstić information content (AvgIpc) is 2.89. The van der Waals surface area contributed by atoms with Crippen molar-refractivity contribution in [1.82, 2.24) is 5.32 Å².